The van der Waals surface area contributed by atoms with Crippen LogP contribution in [0.25, 0.3) is 0 Å². The van der Waals surface area contributed by atoms with Crippen LogP contribution < -0.4 is 5.73 Å². The van der Waals surface area contributed by atoms with Gasteiger partial charge in [0.1, 0.15) is 12.2 Å². The second kappa shape index (κ2) is 4.49. The fraction of sp³-hybridized carbons (Fsp3) is 0.364. The number of aromatic hydroxyl groups is 2. The molecule has 4 nitrogen and oxygen atoms in total. The standard InChI is InChI=1S/C11H14FNO3/c1-7(14)11(13,6-12)5-8-2-3-9(15)10(16)4-8/h2-4,15-16H,5-6,13H2,1H3. The number of alkyl halides is 1. The molecular weight excluding hydrogens is 213 g/mol. The summed E-state index contributed by atoms with van der Waals surface area (Å²) in [5.74, 6) is -1.04. The molecule has 0 spiro atoms. The first-order chi connectivity index (χ1) is 7.39. The largest absolute Gasteiger partial charge is 0.504 e. The number of halogens is 1. The molecule has 0 aliphatic carbocycles. The van der Waals surface area contributed by atoms with Crippen molar-refractivity contribution in [3.05, 3.63) is 23.8 Å². The lowest BCUT2D eigenvalue weighted by molar-refractivity contribution is -0.122. The summed E-state index contributed by atoms with van der Waals surface area (Å²) in [4.78, 5) is 11.2. The molecule has 1 atom stereocenters. The van der Waals surface area contributed by atoms with E-state index in [-0.39, 0.29) is 17.9 Å². The van der Waals surface area contributed by atoms with Crippen molar-refractivity contribution in [1.82, 2.24) is 0 Å². The molecule has 0 saturated carbocycles. The molecule has 0 aromatic heterocycles. The summed E-state index contributed by atoms with van der Waals surface area (Å²) in [6, 6.07) is 4.01. The van der Waals surface area contributed by atoms with E-state index >= 15 is 0 Å². The van der Waals surface area contributed by atoms with Crippen molar-refractivity contribution in [3.8, 4) is 11.5 Å². The van der Waals surface area contributed by atoms with E-state index in [4.69, 9.17) is 10.8 Å². The number of phenolic OH excluding ortho intramolecular Hbond substituents is 2. The first-order valence-corrected chi connectivity index (χ1v) is 4.76. The number of carbonyl (C=O) groups is 1. The molecule has 1 aromatic rings. The monoisotopic (exact) mass is 227 g/mol. The molecule has 1 rings (SSSR count). The Morgan fingerprint density at radius 3 is 2.50 bits per heavy atom. The fourth-order valence-electron chi connectivity index (χ4n) is 1.31. The van der Waals surface area contributed by atoms with Gasteiger partial charge in [0.15, 0.2) is 17.3 Å². The number of Topliss-reactive ketones (excluding diaryl/α,β-unsaturated/α-hetero) is 1. The zero-order chi connectivity index (χ0) is 12.3. The van der Waals surface area contributed by atoms with E-state index in [2.05, 4.69) is 0 Å². The maximum Gasteiger partial charge on any atom is 0.157 e. The zero-order valence-corrected chi connectivity index (χ0v) is 8.90. The molecular formula is C11H14FNO3. The van der Waals surface area contributed by atoms with E-state index < -0.39 is 18.0 Å². The first-order valence-electron chi connectivity index (χ1n) is 4.76. The van der Waals surface area contributed by atoms with Crippen LogP contribution in [0.2, 0.25) is 0 Å². The van der Waals surface area contributed by atoms with Gasteiger partial charge >= 0.3 is 0 Å². The molecule has 88 valence electrons. The van der Waals surface area contributed by atoms with Gasteiger partial charge in [-0.25, -0.2) is 4.39 Å². The third-order valence-electron chi connectivity index (χ3n) is 2.50. The summed E-state index contributed by atoms with van der Waals surface area (Å²) in [5.41, 5.74) is 4.52. The molecule has 0 fully saturated rings. The summed E-state index contributed by atoms with van der Waals surface area (Å²) in [6.07, 6.45) is -0.0212. The number of phenols is 2. The van der Waals surface area contributed by atoms with Gasteiger partial charge in [0.05, 0.1) is 0 Å². The van der Waals surface area contributed by atoms with Crippen LogP contribution in [0.4, 0.5) is 4.39 Å². The Bertz CT molecular complexity index is 408. The van der Waals surface area contributed by atoms with E-state index in [9.17, 15) is 14.3 Å². The summed E-state index contributed by atoms with van der Waals surface area (Å²) in [5, 5.41) is 18.3. The Morgan fingerprint density at radius 1 is 1.44 bits per heavy atom. The minimum atomic E-state index is -1.57. The van der Waals surface area contributed by atoms with Crippen molar-refractivity contribution < 1.29 is 19.4 Å². The number of ketones is 1. The molecule has 5 heteroatoms. The smallest absolute Gasteiger partial charge is 0.157 e. The molecule has 0 radical (unpaired) electrons. The van der Waals surface area contributed by atoms with Gasteiger partial charge in [0.2, 0.25) is 0 Å². The molecule has 4 N–H and O–H groups in total. The number of hydrogen-bond acceptors (Lipinski definition) is 4. The molecule has 16 heavy (non-hydrogen) atoms. The van der Waals surface area contributed by atoms with Crippen LogP contribution in [0.1, 0.15) is 12.5 Å². The van der Waals surface area contributed by atoms with Crippen LogP contribution in [0.3, 0.4) is 0 Å². The Labute approximate surface area is 92.5 Å². The second-order valence-electron chi connectivity index (χ2n) is 3.85. The molecule has 0 bridgehead atoms. The molecule has 0 aliphatic rings. The molecule has 0 amide bonds. The molecule has 0 aliphatic heterocycles. The summed E-state index contributed by atoms with van der Waals surface area (Å²) in [6.45, 7) is 0.254. The van der Waals surface area contributed by atoms with Crippen molar-refractivity contribution in [2.75, 3.05) is 6.67 Å². The second-order valence-corrected chi connectivity index (χ2v) is 3.85. The van der Waals surface area contributed by atoms with E-state index in [1.54, 1.807) is 0 Å². The van der Waals surface area contributed by atoms with Crippen LogP contribution >= 0.6 is 0 Å². The van der Waals surface area contributed by atoms with E-state index in [1.165, 1.54) is 25.1 Å². The van der Waals surface area contributed by atoms with Gasteiger partial charge in [0, 0.05) is 6.42 Å². The number of carbonyl (C=O) groups excluding carboxylic acids is 1. The number of rotatable bonds is 4. The minimum absolute atomic E-state index is 0.0212. The van der Waals surface area contributed by atoms with Gasteiger partial charge in [-0.1, -0.05) is 6.07 Å². The SMILES string of the molecule is CC(=O)C(N)(CF)Cc1ccc(O)c(O)c1. The Morgan fingerprint density at radius 2 is 2.06 bits per heavy atom. The fourth-order valence-corrected chi connectivity index (χ4v) is 1.31. The van der Waals surface area contributed by atoms with Crippen molar-refractivity contribution in [3.63, 3.8) is 0 Å². The average molecular weight is 227 g/mol. The van der Waals surface area contributed by atoms with Gasteiger partial charge in [0.25, 0.3) is 0 Å². The minimum Gasteiger partial charge on any atom is -0.504 e. The number of benzene rings is 1. The lowest BCUT2D eigenvalue weighted by Crippen LogP contribution is -2.50. The van der Waals surface area contributed by atoms with Crippen LogP contribution in [0.15, 0.2) is 18.2 Å². The Balaban J connectivity index is 2.95. The first kappa shape index (κ1) is 12.4. The topological polar surface area (TPSA) is 83.6 Å². The average Bonchev–Trinajstić information content (AvgIpc) is 2.23. The predicted octanol–water partition coefficient (Wildman–Crippen LogP) is 0.896. The van der Waals surface area contributed by atoms with Crippen LogP contribution in [-0.4, -0.2) is 28.2 Å². The Kier molecular flexibility index (Phi) is 3.49. The highest BCUT2D eigenvalue weighted by Gasteiger charge is 2.31. The molecule has 1 unspecified atom stereocenters. The van der Waals surface area contributed by atoms with Crippen molar-refractivity contribution in [2.24, 2.45) is 5.73 Å². The van der Waals surface area contributed by atoms with Crippen molar-refractivity contribution in [1.29, 1.82) is 0 Å². The van der Waals surface area contributed by atoms with Crippen molar-refractivity contribution >= 4 is 5.78 Å². The normalized spacial score (nSPS) is 14.4. The highest BCUT2D eigenvalue weighted by molar-refractivity contribution is 5.86. The number of hydrogen-bond donors (Lipinski definition) is 3. The molecule has 0 heterocycles. The maximum atomic E-state index is 12.7. The van der Waals surface area contributed by atoms with E-state index in [0.29, 0.717) is 5.56 Å². The highest BCUT2D eigenvalue weighted by Crippen LogP contribution is 2.26. The lowest BCUT2D eigenvalue weighted by atomic mass is 9.89. The van der Waals surface area contributed by atoms with E-state index in [1.807, 2.05) is 0 Å². The van der Waals surface area contributed by atoms with Gasteiger partial charge in [-0.05, 0) is 24.6 Å². The van der Waals surface area contributed by atoms with Crippen LogP contribution in [0, 0.1) is 0 Å². The zero-order valence-electron chi connectivity index (χ0n) is 8.90. The lowest BCUT2D eigenvalue weighted by Gasteiger charge is -2.22. The van der Waals surface area contributed by atoms with Gasteiger partial charge < -0.3 is 15.9 Å². The van der Waals surface area contributed by atoms with Crippen molar-refractivity contribution in [2.45, 2.75) is 18.9 Å². The highest BCUT2D eigenvalue weighted by atomic mass is 19.1. The van der Waals surface area contributed by atoms with Crippen LogP contribution in [-0.2, 0) is 11.2 Å². The van der Waals surface area contributed by atoms with Crippen LogP contribution in [0.5, 0.6) is 11.5 Å². The van der Waals surface area contributed by atoms with Gasteiger partial charge in [-0.15, -0.1) is 0 Å². The molecule has 1 aromatic carbocycles. The third-order valence-corrected chi connectivity index (χ3v) is 2.50. The number of nitrogens with two attached hydrogens (primary N) is 1. The summed E-state index contributed by atoms with van der Waals surface area (Å²) >= 11 is 0. The summed E-state index contributed by atoms with van der Waals surface area (Å²) in [7, 11) is 0. The van der Waals surface area contributed by atoms with Gasteiger partial charge in [-0.3, -0.25) is 4.79 Å². The maximum absolute atomic E-state index is 12.7. The summed E-state index contributed by atoms with van der Waals surface area (Å²) < 4.78 is 12.7. The van der Waals surface area contributed by atoms with E-state index in [0.717, 1.165) is 0 Å². The Hall–Kier alpha value is -1.62. The van der Waals surface area contributed by atoms with Gasteiger partial charge in [-0.2, -0.15) is 0 Å². The third kappa shape index (κ3) is 2.49. The quantitative estimate of drug-likeness (QED) is 0.667. The predicted molar refractivity (Wildman–Crippen MR) is 57.1 cm³/mol. The molecule has 0 saturated heterocycles.